The summed E-state index contributed by atoms with van der Waals surface area (Å²) in [5.41, 5.74) is 0.775. The fraction of sp³-hybridized carbons (Fsp3) is 0.636. The number of carboxylic acids is 1. The molecule has 1 aliphatic heterocycles. The van der Waals surface area contributed by atoms with Crippen molar-refractivity contribution in [3.63, 3.8) is 0 Å². The topological polar surface area (TPSA) is 105 Å². The van der Waals surface area contributed by atoms with E-state index in [0.717, 1.165) is 5.56 Å². The number of rotatable bonds is 5. The van der Waals surface area contributed by atoms with Gasteiger partial charge in [-0.3, -0.25) is 9.48 Å². The van der Waals surface area contributed by atoms with E-state index >= 15 is 0 Å². The highest BCUT2D eigenvalue weighted by Gasteiger charge is 2.30. The van der Waals surface area contributed by atoms with Gasteiger partial charge in [0.1, 0.15) is 0 Å². The molecule has 0 saturated carbocycles. The van der Waals surface area contributed by atoms with Crippen LogP contribution in [0.2, 0.25) is 0 Å². The fourth-order valence-corrected chi connectivity index (χ4v) is 3.40. The molecule has 20 heavy (non-hydrogen) atoms. The molecule has 0 amide bonds. The SMILES string of the molecule is Cn1cc(CNS(=O)(=O)N2CCC(C(=O)O)CC2)cn1. The number of carbonyl (C=O) groups is 1. The van der Waals surface area contributed by atoms with E-state index in [-0.39, 0.29) is 19.6 Å². The van der Waals surface area contributed by atoms with Gasteiger partial charge in [0.2, 0.25) is 0 Å². The summed E-state index contributed by atoms with van der Waals surface area (Å²) in [5, 5.41) is 12.9. The Hall–Kier alpha value is -1.45. The van der Waals surface area contributed by atoms with Gasteiger partial charge in [-0.05, 0) is 12.8 Å². The van der Waals surface area contributed by atoms with Gasteiger partial charge in [0.15, 0.2) is 0 Å². The third-order valence-electron chi connectivity index (χ3n) is 3.36. The summed E-state index contributed by atoms with van der Waals surface area (Å²) in [5.74, 6) is -1.30. The fourth-order valence-electron chi connectivity index (χ4n) is 2.17. The summed E-state index contributed by atoms with van der Waals surface area (Å²) in [6.45, 7) is 0.647. The summed E-state index contributed by atoms with van der Waals surface area (Å²) in [6, 6.07) is 0. The molecule has 8 nitrogen and oxygen atoms in total. The van der Waals surface area contributed by atoms with E-state index in [9.17, 15) is 13.2 Å². The zero-order chi connectivity index (χ0) is 14.8. The molecule has 9 heteroatoms. The lowest BCUT2D eigenvalue weighted by atomic mass is 9.99. The van der Waals surface area contributed by atoms with Gasteiger partial charge in [-0.1, -0.05) is 0 Å². The highest BCUT2D eigenvalue weighted by atomic mass is 32.2. The first-order valence-electron chi connectivity index (χ1n) is 6.33. The molecule has 0 radical (unpaired) electrons. The maximum absolute atomic E-state index is 12.1. The van der Waals surface area contributed by atoms with Crippen LogP contribution in [-0.4, -0.2) is 46.7 Å². The van der Waals surface area contributed by atoms with Crippen LogP contribution in [0, 0.1) is 5.92 Å². The molecule has 2 N–H and O–H groups in total. The Bertz CT molecular complexity index is 575. The van der Waals surface area contributed by atoms with Crippen molar-refractivity contribution in [2.24, 2.45) is 13.0 Å². The van der Waals surface area contributed by atoms with Crippen molar-refractivity contribution in [2.45, 2.75) is 19.4 Å². The van der Waals surface area contributed by atoms with Gasteiger partial charge in [-0.15, -0.1) is 0 Å². The minimum Gasteiger partial charge on any atom is -0.481 e. The second-order valence-electron chi connectivity index (χ2n) is 4.86. The molecule has 1 aromatic rings. The molecule has 2 rings (SSSR count). The maximum Gasteiger partial charge on any atom is 0.306 e. The minimum absolute atomic E-state index is 0.176. The summed E-state index contributed by atoms with van der Waals surface area (Å²) in [6.07, 6.45) is 4.03. The van der Waals surface area contributed by atoms with Crippen LogP contribution in [0.4, 0.5) is 0 Å². The van der Waals surface area contributed by atoms with E-state index < -0.39 is 22.1 Å². The summed E-state index contributed by atoms with van der Waals surface area (Å²) in [4.78, 5) is 10.8. The molecule has 0 atom stereocenters. The first-order valence-corrected chi connectivity index (χ1v) is 7.77. The van der Waals surface area contributed by atoms with Crippen molar-refractivity contribution in [1.29, 1.82) is 0 Å². The zero-order valence-corrected chi connectivity index (χ0v) is 12.0. The average molecular weight is 302 g/mol. The molecule has 0 aromatic carbocycles. The smallest absolute Gasteiger partial charge is 0.306 e. The lowest BCUT2D eigenvalue weighted by molar-refractivity contribution is -0.142. The number of aliphatic carboxylic acids is 1. The number of carboxylic acid groups (broad SMARTS) is 1. The van der Waals surface area contributed by atoms with E-state index in [1.165, 1.54) is 4.31 Å². The van der Waals surface area contributed by atoms with Gasteiger partial charge >= 0.3 is 5.97 Å². The predicted octanol–water partition coefficient (Wildman–Crippen LogP) is -0.449. The highest BCUT2D eigenvalue weighted by molar-refractivity contribution is 7.87. The molecule has 1 saturated heterocycles. The number of hydrogen-bond acceptors (Lipinski definition) is 4. The molecule has 1 fully saturated rings. The van der Waals surface area contributed by atoms with Crippen LogP contribution in [0.3, 0.4) is 0 Å². The van der Waals surface area contributed by atoms with E-state index in [1.54, 1.807) is 24.1 Å². The maximum atomic E-state index is 12.1. The second-order valence-corrected chi connectivity index (χ2v) is 6.62. The summed E-state index contributed by atoms with van der Waals surface area (Å²) in [7, 11) is -1.81. The van der Waals surface area contributed by atoms with Gasteiger partial charge in [-0.25, -0.2) is 0 Å². The second kappa shape index (κ2) is 5.90. The zero-order valence-electron chi connectivity index (χ0n) is 11.2. The molecule has 0 bridgehead atoms. The number of nitrogens with one attached hydrogen (secondary N) is 1. The van der Waals surface area contributed by atoms with Crippen molar-refractivity contribution in [3.05, 3.63) is 18.0 Å². The van der Waals surface area contributed by atoms with Gasteiger partial charge in [0, 0.05) is 38.4 Å². The van der Waals surface area contributed by atoms with Crippen LogP contribution in [0.25, 0.3) is 0 Å². The summed E-state index contributed by atoms with van der Waals surface area (Å²) >= 11 is 0. The predicted molar refractivity (Wildman–Crippen MR) is 70.9 cm³/mol. The van der Waals surface area contributed by atoms with Crippen molar-refractivity contribution >= 4 is 16.2 Å². The van der Waals surface area contributed by atoms with Crippen LogP contribution < -0.4 is 4.72 Å². The Balaban J connectivity index is 1.89. The molecular formula is C11H18N4O4S. The average Bonchev–Trinajstić information content (AvgIpc) is 2.82. The van der Waals surface area contributed by atoms with Crippen molar-refractivity contribution in [2.75, 3.05) is 13.1 Å². The molecule has 2 heterocycles. The highest BCUT2D eigenvalue weighted by Crippen LogP contribution is 2.19. The Kier molecular flexibility index (Phi) is 4.41. The molecule has 112 valence electrons. The van der Waals surface area contributed by atoms with Crippen molar-refractivity contribution < 1.29 is 18.3 Å². The molecular weight excluding hydrogens is 284 g/mol. The number of hydrogen-bond donors (Lipinski definition) is 2. The van der Waals surface area contributed by atoms with E-state index in [4.69, 9.17) is 5.11 Å². The van der Waals surface area contributed by atoms with Crippen LogP contribution in [0.15, 0.2) is 12.4 Å². The Morgan fingerprint density at radius 2 is 2.15 bits per heavy atom. The monoisotopic (exact) mass is 302 g/mol. The van der Waals surface area contributed by atoms with Crippen LogP contribution >= 0.6 is 0 Å². The van der Waals surface area contributed by atoms with Gasteiger partial charge in [0.25, 0.3) is 10.2 Å². The lowest BCUT2D eigenvalue weighted by Gasteiger charge is -2.29. The number of aromatic nitrogens is 2. The molecule has 0 unspecified atom stereocenters. The van der Waals surface area contributed by atoms with Crippen LogP contribution in [0.1, 0.15) is 18.4 Å². The largest absolute Gasteiger partial charge is 0.481 e. The Morgan fingerprint density at radius 1 is 1.50 bits per heavy atom. The number of piperidine rings is 1. The third-order valence-corrected chi connectivity index (χ3v) is 4.91. The number of nitrogens with zero attached hydrogens (tertiary/aromatic N) is 3. The van der Waals surface area contributed by atoms with E-state index in [0.29, 0.717) is 12.8 Å². The standard InChI is InChI=1S/C11H18N4O4S/c1-14-8-9(6-12-14)7-13-20(18,19)15-4-2-10(3-5-15)11(16)17/h6,8,10,13H,2-5,7H2,1H3,(H,16,17). The Morgan fingerprint density at radius 3 is 2.65 bits per heavy atom. The first kappa shape index (κ1) is 14.9. The minimum atomic E-state index is -3.57. The summed E-state index contributed by atoms with van der Waals surface area (Å²) < 4.78 is 29.6. The third kappa shape index (κ3) is 3.56. The van der Waals surface area contributed by atoms with Gasteiger partial charge < -0.3 is 5.11 Å². The number of aryl methyl sites for hydroxylation is 1. The molecule has 0 spiro atoms. The van der Waals surface area contributed by atoms with E-state index in [1.807, 2.05) is 0 Å². The molecule has 1 aliphatic rings. The first-order chi connectivity index (χ1) is 9.38. The van der Waals surface area contributed by atoms with Crippen molar-refractivity contribution in [3.8, 4) is 0 Å². The van der Waals surface area contributed by atoms with Crippen LogP contribution in [0.5, 0.6) is 0 Å². The lowest BCUT2D eigenvalue weighted by Crippen LogP contribution is -2.45. The van der Waals surface area contributed by atoms with Gasteiger partial charge in [0.05, 0.1) is 12.1 Å². The Labute approximate surface area is 117 Å². The van der Waals surface area contributed by atoms with Crippen LogP contribution in [-0.2, 0) is 28.6 Å². The molecule has 1 aromatic heterocycles. The van der Waals surface area contributed by atoms with Crippen molar-refractivity contribution in [1.82, 2.24) is 18.8 Å². The normalized spacial score (nSPS) is 18.2. The van der Waals surface area contributed by atoms with Gasteiger partial charge in [-0.2, -0.15) is 22.5 Å². The van der Waals surface area contributed by atoms with E-state index in [2.05, 4.69) is 9.82 Å². The molecule has 0 aliphatic carbocycles. The quantitative estimate of drug-likeness (QED) is 0.766.